The van der Waals surface area contributed by atoms with Gasteiger partial charge in [-0.05, 0) is 24.3 Å². The van der Waals surface area contributed by atoms with Crippen molar-refractivity contribution in [2.24, 2.45) is 0 Å². The van der Waals surface area contributed by atoms with E-state index in [2.05, 4.69) is 10.1 Å². The van der Waals surface area contributed by atoms with Crippen LogP contribution in [0.4, 0.5) is 18.9 Å². The predicted molar refractivity (Wildman–Crippen MR) is 74.4 cm³/mol. The van der Waals surface area contributed by atoms with Gasteiger partial charge in [0.1, 0.15) is 12.1 Å². The van der Waals surface area contributed by atoms with Crippen LogP contribution in [0.2, 0.25) is 0 Å². The maximum Gasteiger partial charge on any atom is 0.416 e. The van der Waals surface area contributed by atoms with Crippen LogP contribution in [0.25, 0.3) is 16.8 Å². The molecule has 0 saturated heterocycles. The van der Waals surface area contributed by atoms with Gasteiger partial charge < -0.3 is 10.5 Å². The first-order chi connectivity index (χ1) is 10.4. The topological polar surface area (TPSA) is 65.4 Å². The van der Waals surface area contributed by atoms with Gasteiger partial charge in [-0.15, -0.1) is 0 Å². The van der Waals surface area contributed by atoms with Crippen LogP contribution in [0.1, 0.15) is 5.56 Å². The number of aromatic nitrogens is 3. The van der Waals surface area contributed by atoms with Gasteiger partial charge in [-0.25, -0.2) is 9.50 Å². The molecule has 0 spiro atoms. The van der Waals surface area contributed by atoms with Gasteiger partial charge in [0.15, 0.2) is 5.65 Å². The van der Waals surface area contributed by atoms with Crippen LogP contribution >= 0.6 is 0 Å². The van der Waals surface area contributed by atoms with Gasteiger partial charge in [0.05, 0.1) is 18.2 Å². The summed E-state index contributed by atoms with van der Waals surface area (Å²) in [6.45, 7) is 0. The highest BCUT2D eigenvalue weighted by Gasteiger charge is 2.31. The van der Waals surface area contributed by atoms with E-state index in [9.17, 15) is 13.2 Å². The lowest BCUT2D eigenvalue weighted by Crippen LogP contribution is -2.06. The van der Waals surface area contributed by atoms with Crippen LogP contribution < -0.4 is 10.5 Å². The molecule has 2 heterocycles. The molecule has 0 atom stereocenters. The molecule has 0 fully saturated rings. The summed E-state index contributed by atoms with van der Waals surface area (Å²) in [5.41, 5.74) is 6.37. The minimum absolute atomic E-state index is 0.216. The van der Waals surface area contributed by atoms with Crippen LogP contribution in [0, 0.1) is 0 Å². The van der Waals surface area contributed by atoms with E-state index >= 15 is 0 Å². The van der Waals surface area contributed by atoms with Gasteiger partial charge >= 0.3 is 6.18 Å². The molecular formula is C14H11F3N4O. The molecule has 1 aromatic carbocycles. The molecule has 2 N–H and O–H groups in total. The lowest BCUT2D eigenvalue weighted by Gasteiger charge is -2.14. The third-order valence-corrected chi connectivity index (χ3v) is 3.28. The van der Waals surface area contributed by atoms with Gasteiger partial charge in [0, 0.05) is 17.4 Å². The molecule has 0 aliphatic heterocycles. The Morgan fingerprint density at radius 2 is 2.00 bits per heavy atom. The normalized spacial score (nSPS) is 11.8. The Labute approximate surface area is 123 Å². The number of hydrogen-bond acceptors (Lipinski definition) is 4. The summed E-state index contributed by atoms with van der Waals surface area (Å²) in [6.07, 6.45) is -1.58. The number of hydrogen-bond donors (Lipinski definition) is 1. The molecule has 0 aliphatic carbocycles. The first kappa shape index (κ1) is 14.2. The minimum atomic E-state index is -4.46. The Hall–Kier alpha value is -2.77. The maximum atomic E-state index is 13.0. The van der Waals surface area contributed by atoms with Crippen LogP contribution in [0.3, 0.4) is 0 Å². The third kappa shape index (κ3) is 2.22. The molecule has 0 radical (unpaired) electrons. The van der Waals surface area contributed by atoms with Crippen LogP contribution in [-0.2, 0) is 6.18 Å². The van der Waals surface area contributed by atoms with E-state index in [4.69, 9.17) is 10.5 Å². The van der Waals surface area contributed by atoms with Crippen LogP contribution in [-0.4, -0.2) is 21.7 Å². The van der Waals surface area contributed by atoms with Crippen molar-refractivity contribution in [2.75, 3.05) is 12.8 Å². The molecule has 0 bridgehead atoms. The molecule has 0 saturated carbocycles. The molecule has 0 amide bonds. The molecule has 2 aromatic heterocycles. The number of ether oxygens (including phenoxy) is 1. The van der Waals surface area contributed by atoms with Crippen molar-refractivity contribution >= 4 is 11.3 Å². The second kappa shape index (κ2) is 4.90. The van der Waals surface area contributed by atoms with Crippen molar-refractivity contribution in [3.8, 4) is 16.9 Å². The highest BCUT2D eigenvalue weighted by atomic mass is 19.4. The number of nitrogens with zero attached hydrogens (tertiary/aromatic N) is 3. The lowest BCUT2D eigenvalue weighted by molar-refractivity contribution is -0.137. The fourth-order valence-electron chi connectivity index (χ4n) is 2.26. The number of methoxy groups -OCH3 is 1. The van der Waals surface area contributed by atoms with Gasteiger partial charge in [-0.2, -0.15) is 18.3 Å². The molecule has 5 nitrogen and oxygen atoms in total. The summed E-state index contributed by atoms with van der Waals surface area (Å²) >= 11 is 0. The second-order valence-corrected chi connectivity index (χ2v) is 4.59. The van der Waals surface area contributed by atoms with Crippen molar-refractivity contribution in [2.45, 2.75) is 6.18 Å². The molecular weight excluding hydrogens is 297 g/mol. The molecule has 0 unspecified atom stereocenters. The SMILES string of the molecule is COc1ccc(C(F)(F)F)cc1-c1c(N)ccn2ncnc12. The maximum absolute atomic E-state index is 13.0. The Balaban J connectivity index is 2.34. The molecule has 22 heavy (non-hydrogen) atoms. The van der Waals surface area contributed by atoms with Crippen molar-refractivity contribution < 1.29 is 17.9 Å². The fraction of sp³-hybridized carbons (Fsp3) is 0.143. The Kier molecular flexibility index (Phi) is 3.16. The number of nitrogen functional groups attached to an aromatic ring is 1. The quantitative estimate of drug-likeness (QED) is 0.790. The molecule has 114 valence electrons. The summed E-state index contributed by atoms with van der Waals surface area (Å²) in [7, 11) is 1.38. The highest BCUT2D eigenvalue weighted by molar-refractivity contribution is 5.90. The Bertz CT molecular complexity index is 842. The summed E-state index contributed by atoms with van der Waals surface area (Å²) in [4.78, 5) is 4.06. The predicted octanol–water partition coefficient (Wildman–Crippen LogP) is 3.01. The van der Waals surface area contributed by atoms with Crippen LogP contribution in [0.5, 0.6) is 5.75 Å². The Morgan fingerprint density at radius 1 is 1.23 bits per heavy atom. The number of nitrogens with two attached hydrogens (primary N) is 1. The van der Waals surface area contributed by atoms with E-state index in [1.807, 2.05) is 0 Å². The van der Waals surface area contributed by atoms with E-state index in [-0.39, 0.29) is 17.0 Å². The van der Waals surface area contributed by atoms with Crippen molar-refractivity contribution in [3.63, 3.8) is 0 Å². The molecule has 8 heteroatoms. The van der Waals surface area contributed by atoms with Crippen LogP contribution in [0.15, 0.2) is 36.8 Å². The zero-order valence-electron chi connectivity index (χ0n) is 11.4. The van der Waals surface area contributed by atoms with Gasteiger partial charge in [-0.1, -0.05) is 0 Å². The zero-order valence-corrected chi connectivity index (χ0v) is 11.4. The minimum Gasteiger partial charge on any atom is -0.496 e. The number of halogens is 3. The lowest BCUT2D eigenvalue weighted by atomic mass is 10.0. The first-order valence-corrected chi connectivity index (χ1v) is 6.25. The summed E-state index contributed by atoms with van der Waals surface area (Å²) < 4.78 is 45.5. The van der Waals surface area contributed by atoms with Gasteiger partial charge in [-0.3, -0.25) is 0 Å². The molecule has 3 aromatic rings. The fourth-order valence-corrected chi connectivity index (χ4v) is 2.26. The van der Waals surface area contributed by atoms with E-state index < -0.39 is 11.7 Å². The van der Waals surface area contributed by atoms with Crippen molar-refractivity contribution in [3.05, 3.63) is 42.4 Å². The number of alkyl halides is 3. The van der Waals surface area contributed by atoms with E-state index in [0.29, 0.717) is 11.2 Å². The van der Waals surface area contributed by atoms with E-state index in [0.717, 1.165) is 12.1 Å². The van der Waals surface area contributed by atoms with Gasteiger partial charge in [0.2, 0.25) is 0 Å². The summed E-state index contributed by atoms with van der Waals surface area (Å²) in [6, 6.07) is 4.77. The highest BCUT2D eigenvalue weighted by Crippen LogP contribution is 2.40. The number of fused-ring (bicyclic) bond motifs is 1. The third-order valence-electron chi connectivity index (χ3n) is 3.28. The standard InChI is InChI=1S/C14H11F3N4O/c1-22-11-3-2-8(14(15,16)17)6-9(11)12-10(18)4-5-21-13(12)19-7-20-21/h2-7H,18H2,1H3. The molecule has 0 aliphatic rings. The first-order valence-electron chi connectivity index (χ1n) is 6.25. The van der Waals surface area contributed by atoms with Crippen molar-refractivity contribution in [1.29, 1.82) is 0 Å². The second-order valence-electron chi connectivity index (χ2n) is 4.59. The monoisotopic (exact) mass is 308 g/mol. The zero-order chi connectivity index (χ0) is 15.9. The van der Waals surface area contributed by atoms with E-state index in [1.54, 1.807) is 12.3 Å². The Morgan fingerprint density at radius 3 is 2.68 bits per heavy atom. The smallest absolute Gasteiger partial charge is 0.416 e. The summed E-state index contributed by atoms with van der Waals surface area (Å²) in [5.74, 6) is 0.274. The number of benzene rings is 1. The number of anilines is 1. The van der Waals surface area contributed by atoms with Gasteiger partial charge in [0.25, 0.3) is 0 Å². The molecule has 3 rings (SSSR count). The number of pyridine rings is 1. The average Bonchev–Trinajstić information content (AvgIpc) is 2.94. The van der Waals surface area contributed by atoms with E-state index in [1.165, 1.54) is 24.0 Å². The van der Waals surface area contributed by atoms with Crippen molar-refractivity contribution in [1.82, 2.24) is 14.6 Å². The summed E-state index contributed by atoms with van der Waals surface area (Å²) in [5, 5.41) is 3.96. The largest absolute Gasteiger partial charge is 0.496 e. The average molecular weight is 308 g/mol. The number of rotatable bonds is 2.